The number of thiazole rings is 1. The minimum atomic E-state index is 0.0518. The van der Waals surface area contributed by atoms with E-state index in [9.17, 15) is 4.79 Å². The van der Waals surface area contributed by atoms with E-state index in [-0.39, 0.29) is 5.91 Å². The summed E-state index contributed by atoms with van der Waals surface area (Å²) in [5, 5.41) is 1.10. The van der Waals surface area contributed by atoms with E-state index < -0.39 is 0 Å². The molecule has 0 atom stereocenters. The number of hydrogen-bond acceptors (Lipinski definition) is 4. The van der Waals surface area contributed by atoms with Gasteiger partial charge < -0.3 is 0 Å². The third kappa shape index (κ3) is 4.94. The first-order chi connectivity index (χ1) is 15.5. The third-order valence-electron chi connectivity index (χ3n) is 5.46. The topological polar surface area (TPSA) is 46.1 Å². The fourth-order valence-corrected chi connectivity index (χ4v) is 4.66. The number of carbonyl (C=O) groups is 1. The molecule has 2 heterocycles. The van der Waals surface area contributed by atoms with E-state index in [1.807, 2.05) is 42.5 Å². The highest BCUT2D eigenvalue weighted by Gasteiger charge is 2.17. The summed E-state index contributed by atoms with van der Waals surface area (Å²) in [4.78, 5) is 25.0. The Labute approximate surface area is 193 Å². The van der Waals surface area contributed by atoms with Gasteiger partial charge in [0.15, 0.2) is 0 Å². The Bertz CT molecular complexity index is 1220. The van der Waals surface area contributed by atoms with E-state index in [1.54, 1.807) is 29.5 Å². The lowest BCUT2D eigenvalue weighted by atomic mass is 10.1. The van der Waals surface area contributed by atoms with Gasteiger partial charge >= 0.3 is 0 Å². The molecule has 0 bridgehead atoms. The smallest absolute Gasteiger partial charge is 0.228 e. The van der Waals surface area contributed by atoms with Crippen molar-refractivity contribution >= 4 is 23.1 Å². The SMILES string of the molecule is CCc1nc(-c2cccc(C)c2)c(-c2ccnc(N(C)C(=O)CCc3ccccc3)c2)s1. The minimum Gasteiger partial charge on any atom is -0.300 e. The molecule has 4 nitrogen and oxygen atoms in total. The Morgan fingerprint density at radius 3 is 2.56 bits per heavy atom. The van der Waals surface area contributed by atoms with E-state index in [4.69, 9.17) is 4.98 Å². The van der Waals surface area contributed by atoms with Crippen molar-refractivity contribution in [2.75, 3.05) is 11.9 Å². The van der Waals surface area contributed by atoms with Crippen LogP contribution >= 0.6 is 11.3 Å². The molecule has 0 saturated carbocycles. The summed E-state index contributed by atoms with van der Waals surface area (Å²) in [7, 11) is 1.80. The fraction of sp³-hybridized carbons (Fsp3) is 0.222. The van der Waals surface area contributed by atoms with E-state index in [0.29, 0.717) is 12.2 Å². The van der Waals surface area contributed by atoms with Crippen molar-refractivity contribution in [3.63, 3.8) is 0 Å². The van der Waals surface area contributed by atoms with Gasteiger partial charge in [0, 0.05) is 25.2 Å². The largest absolute Gasteiger partial charge is 0.300 e. The first kappa shape index (κ1) is 21.9. The number of aryl methyl sites for hydroxylation is 3. The molecule has 5 heteroatoms. The lowest BCUT2D eigenvalue weighted by Gasteiger charge is -2.17. The molecule has 0 unspecified atom stereocenters. The number of amides is 1. The molecule has 0 spiro atoms. The molecule has 0 aliphatic heterocycles. The van der Waals surface area contributed by atoms with Crippen LogP contribution in [-0.2, 0) is 17.6 Å². The van der Waals surface area contributed by atoms with Crippen LogP contribution in [0.15, 0.2) is 72.9 Å². The van der Waals surface area contributed by atoms with Crippen LogP contribution in [0, 0.1) is 6.92 Å². The summed E-state index contributed by atoms with van der Waals surface area (Å²) >= 11 is 1.71. The summed E-state index contributed by atoms with van der Waals surface area (Å²) in [5.74, 6) is 0.707. The molecule has 2 aromatic carbocycles. The zero-order valence-corrected chi connectivity index (χ0v) is 19.5. The van der Waals surface area contributed by atoms with Crippen LogP contribution in [0.2, 0.25) is 0 Å². The number of rotatable bonds is 7. The maximum atomic E-state index is 12.8. The Morgan fingerprint density at radius 2 is 1.81 bits per heavy atom. The lowest BCUT2D eigenvalue weighted by Crippen LogP contribution is -2.27. The van der Waals surface area contributed by atoms with Crippen molar-refractivity contribution in [2.45, 2.75) is 33.1 Å². The Kier molecular flexibility index (Phi) is 6.76. The number of anilines is 1. The standard InChI is InChI=1S/C27H27N3OS/c1-4-24-29-26(21-12-8-9-19(2)17-21)27(32-24)22-15-16-28-23(18-22)30(3)25(31)14-13-20-10-6-5-7-11-20/h5-12,15-18H,4,13-14H2,1-3H3. The number of benzene rings is 2. The van der Waals surface area contributed by atoms with E-state index in [1.165, 1.54) is 5.56 Å². The normalized spacial score (nSPS) is 10.8. The third-order valence-corrected chi connectivity index (χ3v) is 6.71. The van der Waals surface area contributed by atoms with Crippen molar-refractivity contribution in [1.82, 2.24) is 9.97 Å². The van der Waals surface area contributed by atoms with Crippen LogP contribution in [0.1, 0.15) is 29.5 Å². The predicted molar refractivity (Wildman–Crippen MR) is 133 cm³/mol. The van der Waals surface area contributed by atoms with Gasteiger partial charge in [-0.1, -0.05) is 61.0 Å². The van der Waals surface area contributed by atoms with Crippen LogP contribution in [0.3, 0.4) is 0 Å². The van der Waals surface area contributed by atoms with Crippen molar-refractivity contribution in [2.24, 2.45) is 0 Å². The van der Waals surface area contributed by atoms with E-state index in [0.717, 1.165) is 45.1 Å². The zero-order chi connectivity index (χ0) is 22.5. The molecule has 4 aromatic rings. The van der Waals surface area contributed by atoms with Crippen molar-refractivity contribution in [3.05, 3.63) is 89.1 Å². The molecule has 0 radical (unpaired) electrons. The zero-order valence-electron chi connectivity index (χ0n) is 18.7. The van der Waals surface area contributed by atoms with Crippen LogP contribution < -0.4 is 4.90 Å². The maximum absolute atomic E-state index is 12.8. The summed E-state index contributed by atoms with van der Waals surface area (Å²) in [6.07, 6.45) is 3.83. The highest BCUT2D eigenvalue weighted by molar-refractivity contribution is 7.15. The summed E-state index contributed by atoms with van der Waals surface area (Å²) in [6.45, 7) is 4.22. The molecular formula is C27H27N3OS. The maximum Gasteiger partial charge on any atom is 0.228 e. The van der Waals surface area contributed by atoms with Gasteiger partial charge in [0.2, 0.25) is 5.91 Å². The summed E-state index contributed by atoms with van der Waals surface area (Å²) in [6, 6.07) is 22.5. The first-order valence-electron chi connectivity index (χ1n) is 10.9. The average Bonchev–Trinajstić information content (AvgIpc) is 3.27. The highest BCUT2D eigenvalue weighted by Crippen LogP contribution is 2.38. The van der Waals surface area contributed by atoms with Crippen LogP contribution in [0.4, 0.5) is 5.82 Å². The molecule has 32 heavy (non-hydrogen) atoms. The van der Waals surface area contributed by atoms with Gasteiger partial charge in [0.25, 0.3) is 0 Å². The molecule has 1 amide bonds. The number of hydrogen-bond donors (Lipinski definition) is 0. The van der Waals surface area contributed by atoms with E-state index in [2.05, 4.69) is 43.1 Å². The Balaban J connectivity index is 1.60. The van der Waals surface area contributed by atoms with Gasteiger partial charge in [0.1, 0.15) is 5.82 Å². The number of carbonyl (C=O) groups excluding carboxylic acids is 1. The van der Waals surface area contributed by atoms with Gasteiger partial charge in [-0.05, 0) is 49.1 Å². The van der Waals surface area contributed by atoms with Crippen LogP contribution in [0.25, 0.3) is 21.7 Å². The van der Waals surface area contributed by atoms with Crippen LogP contribution in [-0.4, -0.2) is 22.9 Å². The molecule has 0 fully saturated rings. The number of pyridine rings is 1. The van der Waals surface area contributed by atoms with Crippen molar-refractivity contribution in [1.29, 1.82) is 0 Å². The van der Waals surface area contributed by atoms with Crippen LogP contribution in [0.5, 0.6) is 0 Å². The minimum absolute atomic E-state index is 0.0518. The van der Waals surface area contributed by atoms with Gasteiger partial charge in [-0.2, -0.15) is 0 Å². The second kappa shape index (κ2) is 9.88. The Morgan fingerprint density at radius 1 is 1.00 bits per heavy atom. The molecule has 0 aliphatic rings. The molecule has 0 N–H and O–H groups in total. The lowest BCUT2D eigenvalue weighted by molar-refractivity contribution is -0.118. The quantitative estimate of drug-likeness (QED) is 0.336. The predicted octanol–water partition coefficient (Wildman–Crippen LogP) is 6.34. The second-order valence-corrected chi connectivity index (χ2v) is 8.93. The van der Waals surface area contributed by atoms with Gasteiger partial charge in [-0.25, -0.2) is 9.97 Å². The number of aromatic nitrogens is 2. The van der Waals surface area contributed by atoms with Gasteiger partial charge in [-0.15, -0.1) is 11.3 Å². The molecule has 2 aromatic heterocycles. The fourth-order valence-electron chi connectivity index (χ4n) is 3.63. The van der Waals surface area contributed by atoms with Crippen molar-refractivity contribution < 1.29 is 4.79 Å². The van der Waals surface area contributed by atoms with Crippen molar-refractivity contribution in [3.8, 4) is 21.7 Å². The second-order valence-electron chi connectivity index (χ2n) is 7.85. The molecule has 162 valence electrons. The summed E-state index contributed by atoms with van der Waals surface area (Å²) in [5.41, 5.74) is 5.51. The van der Waals surface area contributed by atoms with Gasteiger partial charge in [0.05, 0.1) is 15.6 Å². The summed E-state index contributed by atoms with van der Waals surface area (Å²) < 4.78 is 0. The molecule has 0 aliphatic carbocycles. The monoisotopic (exact) mass is 441 g/mol. The molecule has 4 rings (SSSR count). The highest BCUT2D eigenvalue weighted by atomic mass is 32.1. The number of nitrogens with zero attached hydrogens (tertiary/aromatic N) is 3. The first-order valence-corrected chi connectivity index (χ1v) is 11.7. The average molecular weight is 442 g/mol. The van der Waals surface area contributed by atoms with Gasteiger partial charge in [-0.3, -0.25) is 9.69 Å². The molecule has 0 saturated heterocycles. The molecular weight excluding hydrogens is 414 g/mol. The van der Waals surface area contributed by atoms with E-state index >= 15 is 0 Å². The Hall–Kier alpha value is -3.31.